The molecule has 0 saturated heterocycles. The van der Waals surface area contributed by atoms with E-state index in [0.717, 1.165) is 56.9 Å². The third-order valence-corrected chi connectivity index (χ3v) is 15.3. The first-order chi connectivity index (χ1) is 21.0. The van der Waals surface area contributed by atoms with Gasteiger partial charge in [-0.1, -0.05) is 72.2 Å². The number of esters is 1. The Bertz CT molecular complexity index is 1370. The predicted molar refractivity (Wildman–Crippen MR) is 176 cm³/mol. The van der Waals surface area contributed by atoms with Gasteiger partial charge in [-0.25, -0.2) is 0 Å². The minimum atomic E-state index is -1.03. The lowest BCUT2D eigenvalue weighted by molar-refractivity contribution is -0.206. The third kappa shape index (κ3) is 4.70. The summed E-state index contributed by atoms with van der Waals surface area (Å²) in [6.07, 6.45) is 11.7. The Balaban J connectivity index is 1.32. The third-order valence-electron chi connectivity index (χ3n) is 15.3. The highest BCUT2D eigenvalue weighted by molar-refractivity contribution is 5.81. The molecule has 0 aromatic heterocycles. The van der Waals surface area contributed by atoms with Crippen LogP contribution in [0.15, 0.2) is 35.9 Å². The van der Waals surface area contributed by atoms with E-state index in [1.165, 1.54) is 12.0 Å². The van der Waals surface area contributed by atoms with Crippen LogP contribution in [0, 0.1) is 56.7 Å². The molecule has 248 valence electrons. The van der Waals surface area contributed by atoms with Crippen LogP contribution in [0.25, 0.3) is 0 Å². The van der Waals surface area contributed by atoms with Crippen molar-refractivity contribution in [1.82, 2.24) is 0 Å². The van der Waals surface area contributed by atoms with Crippen molar-refractivity contribution in [1.29, 1.82) is 0 Å². The average Bonchev–Trinajstić information content (AvgIpc) is 2.98. The molecule has 5 aliphatic carbocycles. The van der Waals surface area contributed by atoms with E-state index < -0.39 is 17.4 Å². The van der Waals surface area contributed by atoms with Gasteiger partial charge in [0.05, 0.1) is 11.5 Å². The molecule has 0 amide bonds. The molecular formula is C39H57NO5. The number of aliphatic carboxylic acids is 1. The van der Waals surface area contributed by atoms with Crippen molar-refractivity contribution in [3.63, 3.8) is 0 Å². The van der Waals surface area contributed by atoms with Gasteiger partial charge in [-0.05, 0) is 133 Å². The topological polar surface area (TPSA) is 110 Å². The quantitative estimate of drug-likeness (QED) is 0.178. The number of carbonyl (C=O) groups excluding carboxylic acids is 1. The van der Waals surface area contributed by atoms with E-state index in [1.807, 2.05) is 12.1 Å². The largest absolute Gasteiger partial charge is 0.480 e. The molecule has 0 unspecified atom stereocenters. The fourth-order valence-electron chi connectivity index (χ4n) is 12.1. The fourth-order valence-corrected chi connectivity index (χ4v) is 12.1. The van der Waals surface area contributed by atoms with Gasteiger partial charge >= 0.3 is 11.9 Å². The monoisotopic (exact) mass is 619 g/mol. The molecule has 11 atom stereocenters. The van der Waals surface area contributed by atoms with E-state index >= 15 is 0 Å². The average molecular weight is 620 g/mol. The van der Waals surface area contributed by atoms with E-state index in [0.29, 0.717) is 29.4 Å². The molecule has 0 spiro atoms. The molecule has 0 heterocycles. The van der Waals surface area contributed by atoms with Crippen LogP contribution in [0.3, 0.4) is 0 Å². The molecule has 4 N–H and O–H groups in total. The van der Waals surface area contributed by atoms with Gasteiger partial charge in [0.1, 0.15) is 11.8 Å². The number of allylic oxidation sites excluding steroid dienone is 2. The standard InChI is InChI=1S/C39H57NO5/c1-23-14-19-39(34(44)45-26-10-8-25(9-11-26)22-28(40)33(42)43)21-20-37(6)27(32(39)24(23)2)12-13-30-36(5)17-16-31(41)35(3,4)29(36)15-18-38(30,37)7/h8-12,23-24,28-32,41H,13-22,40H2,1-7H3,(H,42,43)/t23-,24-,28-,29+,30-,31-,32-,36+,37+,38-,39-/m1/s1. The van der Waals surface area contributed by atoms with Crippen molar-refractivity contribution in [2.24, 2.45) is 62.4 Å². The fraction of sp³-hybridized carbons (Fsp3) is 0.744. The normalized spacial score (nSPS) is 44.2. The van der Waals surface area contributed by atoms with Crippen LogP contribution < -0.4 is 10.5 Å². The van der Waals surface area contributed by atoms with Crippen molar-refractivity contribution >= 4 is 11.9 Å². The van der Waals surface area contributed by atoms with Crippen LogP contribution >= 0.6 is 0 Å². The zero-order valence-electron chi connectivity index (χ0n) is 28.7. The van der Waals surface area contributed by atoms with Gasteiger partial charge in [0.2, 0.25) is 0 Å². The second-order valence-electron chi connectivity index (χ2n) is 17.4. The predicted octanol–water partition coefficient (Wildman–Crippen LogP) is 7.56. The van der Waals surface area contributed by atoms with E-state index in [-0.39, 0.29) is 46.1 Å². The van der Waals surface area contributed by atoms with Gasteiger partial charge in [0.25, 0.3) is 0 Å². The maximum absolute atomic E-state index is 14.4. The van der Waals surface area contributed by atoms with Gasteiger partial charge < -0.3 is 20.7 Å². The minimum absolute atomic E-state index is 0.0222. The summed E-state index contributed by atoms with van der Waals surface area (Å²) < 4.78 is 6.23. The van der Waals surface area contributed by atoms with Gasteiger partial charge in [-0.15, -0.1) is 0 Å². The second kappa shape index (κ2) is 10.9. The summed E-state index contributed by atoms with van der Waals surface area (Å²) in [6, 6.07) is 6.23. The van der Waals surface area contributed by atoms with Crippen LogP contribution in [0.1, 0.15) is 112 Å². The Labute approximate surface area is 270 Å². The highest BCUT2D eigenvalue weighted by Gasteiger charge is 2.69. The van der Waals surface area contributed by atoms with E-state index in [1.54, 1.807) is 12.1 Å². The molecule has 6 rings (SSSR count). The molecule has 4 saturated carbocycles. The molecule has 0 bridgehead atoms. The number of aliphatic hydroxyl groups excluding tert-OH is 1. The van der Waals surface area contributed by atoms with Crippen molar-refractivity contribution in [3.8, 4) is 5.75 Å². The number of hydrogen-bond donors (Lipinski definition) is 3. The summed E-state index contributed by atoms with van der Waals surface area (Å²) in [6.45, 7) is 17.0. The maximum Gasteiger partial charge on any atom is 0.320 e. The van der Waals surface area contributed by atoms with E-state index in [9.17, 15) is 19.8 Å². The number of nitrogens with two attached hydrogens (primary N) is 1. The smallest absolute Gasteiger partial charge is 0.320 e. The van der Waals surface area contributed by atoms with E-state index in [2.05, 4.69) is 54.5 Å². The highest BCUT2D eigenvalue weighted by atomic mass is 16.5. The van der Waals surface area contributed by atoms with Crippen LogP contribution in [0.5, 0.6) is 5.75 Å². The number of fused-ring (bicyclic) bond motifs is 7. The minimum Gasteiger partial charge on any atom is -0.480 e. The number of aliphatic hydroxyl groups is 1. The lowest BCUT2D eigenvalue weighted by Gasteiger charge is -2.71. The zero-order chi connectivity index (χ0) is 32.7. The summed E-state index contributed by atoms with van der Waals surface area (Å²) >= 11 is 0. The molecule has 5 aliphatic rings. The second-order valence-corrected chi connectivity index (χ2v) is 17.4. The Morgan fingerprint density at radius 2 is 1.62 bits per heavy atom. The Kier molecular flexibility index (Phi) is 7.96. The molecule has 1 aromatic rings. The van der Waals surface area contributed by atoms with Crippen LogP contribution in [0.2, 0.25) is 0 Å². The molecule has 6 nitrogen and oxygen atoms in total. The van der Waals surface area contributed by atoms with Gasteiger partial charge in [0, 0.05) is 0 Å². The van der Waals surface area contributed by atoms with Crippen LogP contribution in [-0.4, -0.2) is 34.3 Å². The molecule has 45 heavy (non-hydrogen) atoms. The molecular weight excluding hydrogens is 562 g/mol. The first-order valence-corrected chi connectivity index (χ1v) is 17.7. The SMILES string of the molecule is C[C@@H]1[C@H](C)CC[C@@]2(C(=O)Oc3ccc(C[C@@H](N)C(=O)O)cc3)CC[C@@]3(C)C(=CC[C@@H]4[C@@]5(C)CC[C@@H](O)C(C)(C)[C@@H]5CC[C@]43C)[C@@H]12. The number of hydrogen-bond acceptors (Lipinski definition) is 5. The summed E-state index contributed by atoms with van der Waals surface area (Å²) in [7, 11) is 0. The zero-order valence-corrected chi connectivity index (χ0v) is 28.7. The summed E-state index contributed by atoms with van der Waals surface area (Å²) in [5.74, 6) is 1.54. The molecule has 0 aliphatic heterocycles. The highest BCUT2D eigenvalue weighted by Crippen LogP contribution is 2.75. The van der Waals surface area contributed by atoms with Crippen molar-refractivity contribution < 1.29 is 24.5 Å². The molecule has 6 heteroatoms. The summed E-state index contributed by atoms with van der Waals surface area (Å²) in [5, 5.41) is 20.2. The molecule has 0 radical (unpaired) electrons. The molecule has 1 aromatic carbocycles. The number of benzene rings is 1. The first kappa shape index (κ1) is 32.7. The number of carboxylic acid groups (broad SMARTS) is 1. The summed E-state index contributed by atoms with van der Waals surface area (Å²) in [4.78, 5) is 25.6. The molecule has 4 fully saturated rings. The lowest BCUT2D eigenvalue weighted by atomic mass is 9.33. The Morgan fingerprint density at radius 1 is 0.933 bits per heavy atom. The Morgan fingerprint density at radius 3 is 2.29 bits per heavy atom. The Hall–Kier alpha value is -2.18. The number of carboxylic acids is 1. The van der Waals surface area contributed by atoms with E-state index in [4.69, 9.17) is 10.5 Å². The van der Waals surface area contributed by atoms with Crippen molar-refractivity contribution in [2.75, 3.05) is 0 Å². The first-order valence-electron chi connectivity index (χ1n) is 17.7. The van der Waals surface area contributed by atoms with Gasteiger partial charge in [-0.3, -0.25) is 9.59 Å². The summed E-state index contributed by atoms with van der Waals surface area (Å²) in [5.41, 5.74) is 7.82. The lowest BCUT2D eigenvalue weighted by Crippen LogP contribution is -2.65. The number of rotatable bonds is 5. The number of ether oxygens (including phenoxy) is 1. The van der Waals surface area contributed by atoms with Crippen LogP contribution in [-0.2, 0) is 16.0 Å². The number of carbonyl (C=O) groups is 2. The van der Waals surface area contributed by atoms with Crippen LogP contribution in [0.4, 0.5) is 0 Å². The van der Waals surface area contributed by atoms with Gasteiger partial charge in [-0.2, -0.15) is 0 Å². The van der Waals surface area contributed by atoms with Crippen molar-refractivity contribution in [3.05, 3.63) is 41.5 Å². The van der Waals surface area contributed by atoms with Gasteiger partial charge in [0.15, 0.2) is 0 Å². The maximum atomic E-state index is 14.4. The van der Waals surface area contributed by atoms with Crippen molar-refractivity contribution in [2.45, 2.75) is 125 Å².